The topological polar surface area (TPSA) is 90.5 Å². The molecule has 1 amide bonds. The molecule has 7 nitrogen and oxygen atoms in total. The number of fused-ring (bicyclic) bond motifs is 1. The molecule has 0 aliphatic carbocycles. The van der Waals surface area contributed by atoms with Gasteiger partial charge in [-0.2, -0.15) is 10.1 Å². The van der Waals surface area contributed by atoms with Crippen LogP contribution in [0.25, 0.3) is 11.0 Å². The van der Waals surface area contributed by atoms with Gasteiger partial charge in [0.05, 0.1) is 16.7 Å². The number of ketones is 1. The molecule has 1 atom stereocenters. The number of amides is 1. The third-order valence-corrected chi connectivity index (χ3v) is 5.13. The van der Waals surface area contributed by atoms with E-state index in [9.17, 15) is 9.59 Å². The third-order valence-electron chi connectivity index (χ3n) is 4.31. The second-order valence-corrected chi connectivity index (χ2v) is 7.49. The number of rotatable bonds is 4. The fourth-order valence-electron chi connectivity index (χ4n) is 2.85. The zero-order valence-electron chi connectivity index (χ0n) is 14.6. The van der Waals surface area contributed by atoms with Crippen LogP contribution in [-0.2, 0) is 4.79 Å². The summed E-state index contributed by atoms with van der Waals surface area (Å²) in [5.74, 6) is -0.917. The molecule has 0 spiro atoms. The highest BCUT2D eigenvalue weighted by Gasteiger charge is 2.42. The molecular formula is C19H14BrN5O2S. The molecule has 1 fully saturated rings. The number of nitrogens with zero attached hydrogens (tertiary/aromatic N) is 3. The number of hydrazone groups is 1. The highest BCUT2D eigenvalue weighted by Crippen LogP contribution is 2.17. The second-order valence-electron chi connectivity index (χ2n) is 6.19. The zero-order valence-corrected chi connectivity index (χ0v) is 17.0. The Hall–Kier alpha value is -2.91. The number of halogens is 1. The molecular weight excluding hydrogens is 442 g/mol. The summed E-state index contributed by atoms with van der Waals surface area (Å²) >= 11 is 8.59. The molecule has 28 heavy (non-hydrogen) atoms. The summed E-state index contributed by atoms with van der Waals surface area (Å²) in [5, 5.41) is 8.18. The number of imidazole rings is 1. The number of para-hydroxylation sites is 2. The standard InChI is InChI=1S/C19H14BrN5O2S/c1-10(11-6-8-12(20)9-7-11)24-25-18(27)15(23-19(25)28)16(26)17-21-13-4-2-3-5-14(13)22-17/h2-9,15H,1H3,(H,21,22)(H,23,28)/b24-10+. The zero-order chi connectivity index (χ0) is 19.8. The number of Topliss-reactive ketones (excluding diaryl/α,β-unsaturated/α-hetero) is 1. The molecule has 2 N–H and O–H groups in total. The molecule has 2 aromatic carbocycles. The average Bonchev–Trinajstić information content (AvgIpc) is 3.24. The summed E-state index contributed by atoms with van der Waals surface area (Å²) in [6.45, 7) is 1.77. The first-order valence-electron chi connectivity index (χ1n) is 8.38. The van der Waals surface area contributed by atoms with Crippen molar-refractivity contribution in [1.82, 2.24) is 20.3 Å². The molecule has 0 saturated carbocycles. The van der Waals surface area contributed by atoms with Crippen molar-refractivity contribution in [3.8, 4) is 0 Å². The Labute approximate surface area is 174 Å². The van der Waals surface area contributed by atoms with Crippen LogP contribution in [0.1, 0.15) is 23.1 Å². The van der Waals surface area contributed by atoms with Gasteiger partial charge in [-0.25, -0.2) is 4.98 Å². The van der Waals surface area contributed by atoms with E-state index in [4.69, 9.17) is 12.2 Å². The van der Waals surface area contributed by atoms with E-state index < -0.39 is 17.7 Å². The van der Waals surface area contributed by atoms with Crippen molar-refractivity contribution in [2.75, 3.05) is 0 Å². The minimum Gasteiger partial charge on any atom is -0.342 e. The summed E-state index contributed by atoms with van der Waals surface area (Å²) < 4.78 is 0.940. The fraction of sp³-hybridized carbons (Fsp3) is 0.105. The van der Waals surface area contributed by atoms with Gasteiger partial charge in [-0.1, -0.05) is 40.2 Å². The van der Waals surface area contributed by atoms with Crippen LogP contribution < -0.4 is 5.32 Å². The van der Waals surface area contributed by atoms with E-state index >= 15 is 0 Å². The Kier molecular flexibility index (Phi) is 4.78. The van der Waals surface area contributed by atoms with Crippen molar-refractivity contribution in [2.24, 2.45) is 5.10 Å². The first-order chi connectivity index (χ1) is 13.4. The molecule has 0 bridgehead atoms. The van der Waals surface area contributed by atoms with E-state index in [1.807, 2.05) is 42.5 Å². The predicted molar refractivity (Wildman–Crippen MR) is 113 cm³/mol. The highest BCUT2D eigenvalue weighted by atomic mass is 79.9. The second kappa shape index (κ2) is 7.25. The normalized spacial score (nSPS) is 17.3. The van der Waals surface area contributed by atoms with Crippen LogP contribution in [0.3, 0.4) is 0 Å². The predicted octanol–water partition coefficient (Wildman–Crippen LogP) is 3.02. The van der Waals surface area contributed by atoms with E-state index in [1.54, 1.807) is 13.0 Å². The highest BCUT2D eigenvalue weighted by molar-refractivity contribution is 9.10. The molecule has 1 unspecified atom stereocenters. The molecule has 4 rings (SSSR count). The molecule has 2 heterocycles. The first kappa shape index (κ1) is 18.5. The number of H-pyrrole nitrogens is 1. The Morgan fingerprint density at radius 2 is 1.93 bits per heavy atom. The Bertz CT molecular complexity index is 1110. The van der Waals surface area contributed by atoms with Crippen LogP contribution in [0.4, 0.5) is 0 Å². The van der Waals surface area contributed by atoms with E-state index in [0.717, 1.165) is 20.6 Å². The molecule has 1 saturated heterocycles. The quantitative estimate of drug-likeness (QED) is 0.273. The summed E-state index contributed by atoms with van der Waals surface area (Å²) in [6.07, 6.45) is 0. The molecule has 1 aliphatic rings. The monoisotopic (exact) mass is 455 g/mol. The largest absolute Gasteiger partial charge is 0.342 e. The maximum absolute atomic E-state index is 12.8. The van der Waals surface area contributed by atoms with Crippen LogP contribution >= 0.6 is 28.1 Å². The maximum Gasteiger partial charge on any atom is 0.280 e. The van der Waals surface area contributed by atoms with Crippen LogP contribution in [0.2, 0.25) is 0 Å². The van der Waals surface area contributed by atoms with Gasteiger partial charge in [0.2, 0.25) is 5.78 Å². The third kappa shape index (κ3) is 3.34. The number of nitrogens with one attached hydrogen (secondary N) is 2. The molecule has 3 aromatic rings. The number of carbonyl (C=O) groups is 2. The van der Waals surface area contributed by atoms with Gasteiger partial charge < -0.3 is 10.3 Å². The fourth-order valence-corrected chi connectivity index (χ4v) is 3.36. The van der Waals surface area contributed by atoms with E-state index in [2.05, 4.69) is 36.3 Å². The lowest BCUT2D eigenvalue weighted by Gasteiger charge is -2.10. The minimum atomic E-state index is -1.16. The van der Waals surface area contributed by atoms with Crippen molar-refractivity contribution >= 4 is 61.7 Å². The van der Waals surface area contributed by atoms with Gasteiger partial charge in [0.15, 0.2) is 17.0 Å². The van der Waals surface area contributed by atoms with Crippen LogP contribution in [0.5, 0.6) is 0 Å². The van der Waals surface area contributed by atoms with Gasteiger partial charge in [-0.05, 0) is 49.0 Å². The maximum atomic E-state index is 12.8. The lowest BCUT2D eigenvalue weighted by Crippen LogP contribution is -2.38. The molecule has 0 radical (unpaired) electrons. The van der Waals surface area contributed by atoms with Crippen molar-refractivity contribution in [3.63, 3.8) is 0 Å². The summed E-state index contributed by atoms with van der Waals surface area (Å²) in [6, 6.07) is 13.6. The van der Waals surface area contributed by atoms with Gasteiger partial charge in [0, 0.05) is 4.47 Å². The number of hydrogen-bond donors (Lipinski definition) is 2. The van der Waals surface area contributed by atoms with Crippen molar-refractivity contribution in [3.05, 3.63) is 64.4 Å². The minimum absolute atomic E-state index is 0.0796. The van der Waals surface area contributed by atoms with Gasteiger partial charge in [0.1, 0.15) is 0 Å². The number of hydrogen-bond acceptors (Lipinski definition) is 5. The van der Waals surface area contributed by atoms with Gasteiger partial charge in [0.25, 0.3) is 5.91 Å². The van der Waals surface area contributed by atoms with Gasteiger partial charge >= 0.3 is 0 Å². The van der Waals surface area contributed by atoms with Gasteiger partial charge in [-0.15, -0.1) is 0 Å². The van der Waals surface area contributed by atoms with Crippen molar-refractivity contribution in [2.45, 2.75) is 13.0 Å². The molecule has 1 aliphatic heterocycles. The lowest BCUT2D eigenvalue weighted by molar-refractivity contribution is -0.126. The summed E-state index contributed by atoms with van der Waals surface area (Å²) in [7, 11) is 0. The Balaban J connectivity index is 1.58. The van der Waals surface area contributed by atoms with Crippen molar-refractivity contribution < 1.29 is 9.59 Å². The van der Waals surface area contributed by atoms with E-state index in [-0.39, 0.29) is 10.9 Å². The summed E-state index contributed by atoms with van der Waals surface area (Å²) in [5.41, 5.74) is 2.81. The SMILES string of the molecule is C/C(=N\N1C(=O)C(C(=O)c2nc3ccccc3[nH]2)NC1=S)c1ccc(Br)cc1. The lowest BCUT2D eigenvalue weighted by atomic mass is 10.1. The van der Waals surface area contributed by atoms with Crippen LogP contribution in [0, 0.1) is 0 Å². The number of benzene rings is 2. The van der Waals surface area contributed by atoms with E-state index in [1.165, 1.54) is 0 Å². The molecule has 9 heteroatoms. The smallest absolute Gasteiger partial charge is 0.280 e. The first-order valence-corrected chi connectivity index (χ1v) is 9.59. The number of aromatic amines is 1. The van der Waals surface area contributed by atoms with Crippen molar-refractivity contribution in [1.29, 1.82) is 0 Å². The Morgan fingerprint density at radius 1 is 1.21 bits per heavy atom. The van der Waals surface area contributed by atoms with E-state index in [0.29, 0.717) is 11.2 Å². The van der Waals surface area contributed by atoms with Gasteiger partial charge in [-0.3, -0.25) is 9.59 Å². The summed E-state index contributed by atoms with van der Waals surface area (Å²) in [4.78, 5) is 32.8. The average molecular weight is 456 g/mol. The molecule has 1 aromatic heterocycles. The number of aromatic nitrogens is 2. The number of thiocarbonyl (C=S) groups is 1. The molecule has 140 valence electrons. The van der Waals surface area contributed by atoms with Crippen LogP contribution in [0.15, 0.2) is 58.1 Å². The van der Waals surface area contributed by atoms with Crippen LogP contribution in [-0.4, -0.2) is 43.5 Å². The Morgan fingerprint density at radius 3 is 2.64 bits per heavy atom. The number of carbonyl (C=O) groups excluding carboxylic acids is 2.